The molecule has 1 aromatic heterocycles. The summed E-state index contributed by atoms with van der Waals surface area (Å²) in [7, 11) is 1.46. The van der Waals surface area contributed by atoms with Gasteiger partial charge in [0.25, 0.3) is 0 Å². The Morgan fingerprint density at radius 3 is 2.62 bits per heavy atom. The molecule has 3 rings (SSSR count). The number of carbonyl (C=O) groups excluding carboxylic acids is 1. The number of primary amides is 1. The highest BCUT2D eigenvalue weighted by Gasteiger charge is 2.12. The van der Waals surface area contributed by atoms with Gasteiger partial charge in [-0.15, -0.1) is 0 Å². The van der Waals surface area contributed by atoms with Gasteiger partial charge in [-0.25, -0.2) is 4.79 Å². The molecule has 0 unspecified atom stereocenters. The lowest BCUT2D eigenvalue weighted by Gasteiger charge is -2.10. The summed E-state index contributed by atoms with van der Waals surface area (Å²) in [5, 5.41) is 0.832. The van der Waals surface area contributed by atoms with Crippen molar-refractivity contribution in [3.05, 3.63) is 81.9 Å². The minimum Gasteiger partial charge on any atom is -0.504 e. The van der Waals surface area contributed by atoms with Crippen LogP contribution in [0.25, 0.3) is 22.1 Å². The van der Waals surface area contributed by atoms with E-state index in [0.717, 1.165) is 27.6 Å². The van der Waals surface area contributed by atoms with Gasteiger partial charge in [0, 0.05) is 23.4 Å². The van der Waals surface area contributed by atoms with E-state index >= 15 is 0 Å². The third-order valence-corrected chi connectivity index (χ3v) is 4.22. The molecule has 0 atom stereocenters. The van der Waals surface area contributed by atoms with Gasteiger partial charge in [-0.05, 0) is 29.7 Å². The second kappa shape index (κ2) is 7.27. The van der Waals surface area contributed by atoms with Crippen LogP contribution in [0.15, 0.2) is 69.6 Å². The molecule has 2 N–H and O–H groups in total. The first kappa shape index (κ1) is 17.5. The van der Waals surface area contributed by atoms with Crippen molar-refractivity contribution in [2.24, 2.45) is 5.73 Å². The molecular weight excluding hydrogens is 330 g/mol. The first-order valence-corrected chi connectivity index (χ1v) is 8.14. The molecule has 0 saturated heterocycles. The number of amides is 1. The third kappa shape index (κ3) is 3.52. The average molecular weight is 349 g/mol. The van der Waals surface area contributed by atoms with Crippen molar-refractivity contribution in [2.45, 2.75) is 13.3 Å². The van der Waals surface area contributed by atoms with E-state index in [4.69, 9.17) is 14.9 Å². The van der Waals surface area contributed by atoms with Crippen LogP contribution >= 0.6 is 0 Å². The smallest absolute Gasteiger partial charge is 0.336 e. The molecule has 0 saturated carbocycles. The van der Waals surface area contributed by atoms with Crippen molar-refractivity contribution >= 4 is 16.9 Å². The fourth-order valence-electron chi connectivity index (χ4n) is 2.96. The van der Waals surface area contributed by atoms with Gasteiger partial charge in [0.05, 0.1) is 18.9 Å². The second-order valence-corrected chi connectivity index (χ2v) is 6.04. The molecule has 0 spiro atoms. The normalized spacial score (nSPS) is 11.5. The lowest BCUT2D eigenvalue weighted by Crippen LogP contribution is -2.16. The van der Waals surface area contributed by atoms with Crippen LogP contribution in [0.1, 0.15) is 11.1 Å². The van der Waals surface area contributed by atoms with E-state index in [0.29, 0.717) is 11.2 Å². The Morgan fingerprint density at radius 2 is 1.92 bits per heavy atom. The highest BCUT2D eigenvalue weighted by Crippen LogP contribution is 2.30. The van der Waals surface area contributed by atoms with Gasteiger partial charge < -0.3 is 14.9 Å². The first-order chi connectivity index (χ1) is 12.5. The summed E-state index contributed by atoms with van der Waals surface area (Å²) in [6.07, 6.45) is 1.61. The predicted molar refractivity (Wildman–Crippen MR) is 101 cm³/mol. The molecule has 0 aliphatic carbocycles. The molecule has 26 heavy (non-hydrogen) atoms. The van der Waals surface area contributed by atoms with Gasteiger partial charge in [-0.1, -0.05) is 36.4 Å². The number of aryl methyl sites for hydroxylation is 1. The molecule has 0 aliphatic heterocycles. The number of carbonyl (C=O) groups is 1. The van der Waals surface area contributed by atoms with E-state index in [1.807, 2.05) is 43.3 Å². The van der Waals surface area contributed by atoms with Crippen LogP contribution in [-0.4, -0.2) is 13.0 Å². The SMILES string of the molecule is COC=C(Cc1ccc2c(-c3ccccc3C)cc(=O)oc2c1)C(N)=O. The number of hydrogen-bond acceptors (Lipinski definition) is 4. The topological polar surface area (TPSA) is 82.5 Å². The first-order valence-electron chi connectivity index (χ1n) is 8.14. The van der Waals surface area contributed by atoms with E-state index in [-0.39, 0.29) is 6.42 Å². The summed E-state index contributed by atoms with van der Waals surface area (Å²) in [5.74, 6) is -0.554. The molecule has 0 aliphatic rings. The maximum Gasteiger partial charge on any atom is 0.336 e. The Hall–Kier alpha value is -3.34. The summed E-state index contributed by atoms with van der Waals surface area (Å²) in [4.78, 5) is 23.5. The molecule has 2 aromatic carbocycles. The highest BCUT2D eigenvalue weighted by atomic mass is 16.5. The Morgan fingerprint density at radius 1 is 1.15 bits per heavy atom. The Labute approximate surface area is 150 Å². The zero-order chi connectivity index (χ0) is 18.7. The van der Waals surface area contributed by atoms with Crippen molar-refractivity contribution in [1.29, 1.82) is 0 Å². The molecule has 0 fully saturated rings. The molecular formula is C21H19NO4. The van der Waals surface area contributed by atoms with Gasteiger partial charge in [-0.2, -0.15) is 0 Å². The number of hydrogen-bond donors (Lipinski definition) is 1. The number of nitrogens with two attached hydrogens (primary N) is 1. The molecule has 0 bridgehead atoms. The van der Waals surface area contributed by atoms with Crippen LogP contribution in [-0.2, 0) is 16.0 Å². The molecule has 5 heteroatoms. The lowest BCUT2D eigenvalue weighted by atomic mass is 9.96. The van der Waals surface area contributed by atoms with Crippen LogP contribution in [0.2, 0.25) is 0 Å². The number of methoxy groups -OCH3 is 1. The van der Waals surface area contributed by atoms with E-state index in [2.05, 4.69) is 0 Å². The van der Waals surface area contributed by atoms with Crippen molar-refractivity contribution < 1.29 is 13.9 Å². The molecule has 5 nitrogen and oxygen atoms in total. The minimum atomic E-state index is -0.554. The van der Waals surface area contributed by atoms with E-state index in [1.54, 1.807) is 6.07 Å². The van der Waals surface area contributed by atoms with E-state index in [1.165, 1.54) is 19.4 Å². The van der Waals surface area contributed by atoms with Crippen molar-refractivity contribution in [1.82, 2.24) is 0 Å². The van der Waals surface area contributed by atoms with E-state index < -0.39 is 11.5 Å². The summed E-state index contributed by atoms with van der Waals surface area (Å²) in [5.41, 5.74) is 9.42. The van der Waals surface area contributed by atoms with Crippen LogP contribution in [0, 0.1) is 6.92 Å². The van der Waals surface area contributed by atoms with Gasteiger partial charge in [-0.3, -0.25) is 4.79 Å². The fraction of sp³-hybridized carbons (Fsp3) is 0.143. The lowest BCUT2D eigenvalue weighted by molar-refractivity contribution is -0.114. The standard InChI is InChI=1S/C21H19NO4/c1-13-5-3-4-6-16(13)18-11-20(23)26-19-10-14(7-8-17(18)19)9-15(12-25-2)21(22)24/h3-8,10-12H,9H2,1-2H3,(H2,22,24). The number of benzene rings is 2. The van der Waals surface area contributed by atoms with Crippen LogP contribution in [0.3, 0.4) is 0 Å². The zero-order valence-corrected chi connectivity index (χ0v) is 14.6. The van der Waals surface area contributed by atoms with E-state index in [9.17, 15) is 9.59 Å². The Balaban J connectivity index is 2.12. The maximum absolute atomic E-state index is 12.1. The quantitative estimate of drug-likeness (QED) is 0.435. The summed E-state index contributed by atoms with van der Waals surface area (Å²) >= 11 is 0. The van der Waals surface area contributed by atoms with Gasteiger partial charge >= 0.3 is 5.63 Å². The van der Waals surface area contributed by atoms with Crippen molar-refractivity contribution in [3.8, 4) is 11.1 Å². The number of ether oxygens (including phenoxy) is 1. The third-order valence-electron chi connectivity index (χ3n) is 4.22. The Kier molecular flexibility index (Phi) is 4.89. The van der Waals surface area contributed by atoms with Crippen LogP contribution < -0.4 is 11.4 Å². The summed E-state index contributed by atoms with van der Waals surface area (Å²) in [6.45, 7) is 2.00. The maximum atomic E-state index is 12.1. The van der Waals surface area contributed by atoms with Crippen molar-refractivity contribution in [2.75, 3.05) is 7.11 Å². The predicted octanol–water partition coefficient (Wildman–Crippen LogP) is 3.33. The monoisotopic (exact) mass is 349 g/mol. The summed E-state index contributed by atoms with van der Waals surface area (Å²) in [6, 6.07) is 14.9. The molecule has 132 valence electrons. The van der Waals surface area contributed by atoms with Crippen LogP contribution in [0.5, 0.6) is 0 Å². The zero-order valence-electron chi connectivity index (χ0n) is 14.6. The van der Waals surface area contributed by atoms with Gasteiger partial charge in [0.15, 0.2) is 0 Å². The molecule has 0 radical (unpaired) electrons. The Bertz CT molecular complexity index is 1060. The highest BCUT2D eigenvalue weighted by molar-refractivity contribution is 5.95. The summed E-state index contributed by atoms with van der Waals surface area (Å²) < 4.78 is 10.3. The average Bonchev–Trinajstić information content (AvgIpc) is 2.60. The molecule has 1 amide bonds. The fourth-order valence-corrected chi connectivity index (χ4v) is 2.96. The molecule has 1 heterocycles. The second-order valence-electron chi connectivity index (χ2n) is 6.04. The number of rotatable bonds is 5. The number of fused-ring (bicyclic) bond motifs is 1. The van der Waals surface area contributed by atoms with Crippen molar-refractivity contribution in [3.63, 3.8) is 0 Å². The van der Waals surface area contributed by atoms with Gasteiger partial charge in [0.1, 0.15) is 5.58 Å². The van der Waals surface area contributed by atoms with Gasteiger partial charge in [0.2, 0.25) is 5.91 Å². The minimum absolute atomic E-state index is 0.289. The molecule has 3 aromatic rings. The van der Waals surface area contributed by atoms with Crippen LogP contribution in [0.4, 0.5) is 0 Å². The largest absolute Gasteiger partial charge is 0.504 e.